The fraction of sp³-hybridized carbons (Fsp3) is 0.417. The first-order valence-corrected chi connectivity index (χ1v) is 5.21. The molecule has 1 aromatic carbocycles. The van der Waals surface area contributed by atoms with Gasteiger partial charge in [0.15, 0.2) is 0 Å². The highest BCUT2D eigenvalue weighted by Crippen LogP contribution is 2.29. The molecule has 0 bridgehead atoms. The van der Waals surface area contributed by atoms with Gasteiger partial charge in [0.05, 0.1) is 5.56 Å². The molecule has 2 nitrogen and oxygen atoms in total. The lowest BCUT2D eigenvalue weighted by Gasteiger charge is -2.07. The Bertz CT molecular complexity index is 368. The number of halogens is 3. The van der Waals surface area contributed by atoms with Gasteiger partial charge in [0.2, 0.25) is 0 Å². The van der Waals surface area contributed by atoms with Gasteiger partial charge in [0.1, 0.15) is 6.61 Å². The van der Waals surface area contributed by atoms with E-state index in [0.717, 1.165) is 12.1 Å². The average Bonchev–Trinajstić information content (AvgIpc) is 2.23. The lowest BCUT2D eigenvalue weighted by molar-refractivity contribution is -0.137. The third kappa shape index (κ3) is 4.89. The second kappa shape index (κ2) is 5.70. The van der Waals surface area contributed by atoms with Crippen LogP contribution in [0.15, 0.2) is 29.4 Å². The van der Waals surface area contributed by atoms with Gasteiger partial charge < -0.3 is 4.84 Å². The van der Waals surface area contributed by atoms with Crippen LogP contribution in [-0.2, 0) is 17.6 Å². The standard InChI is InChI=1S/C12H14F3NO/c1-9(2)7-16-17-8-10-3-5-11(6-4-10)12(13,14)15/h3-7,9H,8H2,1-2H3. The Morgan fingerprint density at radius 3 is 2.29 bits per heavy atom. The Labute approximate surface area is 98.1 Å². The number of benzene rings is 1. The molecule has 0 aromatic heterocycles. The molecule has 5 heteroatoms. The second-order valence-corrected chi connectivity index (χ2v) is 3.97. The van der Waals surface area contributed by atoms with Gasteiger partial charge in [-0.2, -0.15) is 13.2 Å². The molecule has 0 aliphatic rings. The van der Waals surface area contributed by atoms with Gasteiger partial charge in [-0.25, -0.2) is 0 Å². The molecule has 0 atom stereocenters. The van der Waals surface area contributed by atoms with Crippen molar-refractivity contribution in [3.8, 4) is 0 Å². The average molecular weight is 245 g/mol. The van der Waals surface area contributed by atoms with Crippen molar-refractivity contribution in [1.82, 2.24) is 0 Å². The molecule has 0 amide bonds. The van der Waals surface area contributed by atoms with Gasteiger partial charge in [-0.05, 0) is 23.6 Å². The van der Waals surface area contributed by atoms with E-state index in [2.05, 4.69) is 5.16 Å². The SMILES string of the molecule is CC(C)C=NOCc1ccc(C(F)(F)F)cc1. The van der Waals surface area contributed by atoms with Crippen molar-refractivity contribution >= 4 is 6.21 Å². The van der Waals surface area contributed by atoms with Crippen LogP contribution in [0.1, 0.15) is 25.0 Å². The van der Waals surface area contributed by atoms with Crippen LogP contribution in [0.3, 0.4) is 0 Å². The van der Waals surface area contributed by atoms with Gasteiger partial charge in [0.25, 0.3) is 0 Å². The van der Waals surface area contributed by atoms with Crippen molar-refractivity contribution < 1.29 is 18.0 Å². The summed E-state index contributed by atoms with van der Waals surface area (Å²) < 4.78 is 36.8. The van der Waals surface area contributed by atoms with Crippen LogP contribution >= 0.6 is 0 Å². The molecular formula is C12H14F3NO. The van der Waals surface area contributed by atoms with E-state index >= 15 is 0 Å². The summed E-state index contributed by atoms with van der Waals surface area (Å²) in [5.74, 6) is 0.280. The summed E-state index contributed by atoms with van der Waals surface area (Å²) in [6.07, 6.45) is -2.67. The van der Waals surface area contributed by atoms with Crippen LogP contribution in [-0.4, -0.2) is 6.21 Å². The van der Waals surface area contributed by atoms with E-state index in [9.17, 15) is 13.2 Å². The molecule has 0 saturated heterocycles. The van der Waals surface area contributed by atoms with E-state index in [4.69, 9.17) is 4.84 Å². The normalized spacial score (nSPS) is 12.4. The molecule has 1 aromatic rings. The minimum Gasteiger partial charge on any atom is -0.391 e. The number of oxime groups is 1. The Morgan fingerprint density at radius 2 is 1.82 bits per heavy atom. The fourth-order valence-corrected chi connectivity index (χ4v) is 1.07. The topological polar surface area (TPSA) is 21.6 Å². The van der Waals surface area contributed by atoms with Crippen LogP contribution in [0.25, 0.3) is 0 Å². The third-order valence-corrected chi connectivity index (χ3v) is 1.95. The van der Waals surface area contributed by atoms with E-state index in [-0.39, 0.29) is 12.5 Å². The Morgan fingerprint density at radius 1 is 1.24 bits per heavy atom. The quantitative estimate of drug-likeness (QED) is 0.583. The Hall–Kier alpha value is -1.52. The molecular weight excluding hydrogens is 231 g/mol. The predicted octanol–water partition coefficient (Wildman–Crippen LogP) is 3.86. The van der Waals surface area contributed by atoms with Gasteiger partial charge in [0, 0.05) is 6.21 Å². The zero-order valence-electron chi connectivity index (χ0n) is 9.66. The highest BCUT2D eigenvalue weighted by Gasteiger charge is 2.29. The summed E-state index contributed by atoms with van der Waals surface area (Å²) in [4.78, 5) is 4.94. The monoisotopic (exact) mass is 245 g/mol. The summed E-state index contributed by atoms with van der Waals surface area (Å²) >= 11 is 0. The summed E-state index contributed by atoms with van der Waals surface area (Å²) in [6, 6.07) is 4.83. The zero-order valence-corrected chi connectivity index (χ0v) is 9.66. The van der Waals surface area contributed by atoms with Gasteiger partial charge in [-0.3, -0.25) is 0 Å². The molecule has 0 saturated carbocycles. The first-order chi connectivity index (χ1) is 7.89. The van der Waals surface area contributed by atoms with Crippen molar-refractivity contribution in [2.45, 2.75) is 26.6 Å². The van der Waals surface area contributed by atoms with Crippen molar-refractivity contribution in [3.63, 3.8) is 0 Å². The minimum atomic E-state index is -4.30. The van der Waals surface area contributed by atoms with E-state index in [1.165, 1.54) is 12.1 Å². The molecule has 17 heavy (non-hydrogen) atoms. The highest BCUT2D eigenvalue weighted by molar-refractivity contribution is 5.58. The summed E-state index contributed by atoms with van der Waals surface area (Å²) in [5.41, 5.74) is -0.00848. The Kier molecular flexibility index (Phi) is 4.54. The van der Waals surface area contributed by atoms with E-state index in [1.54, 1.807) is 6.21 Å². The maximum absolute atomic E-state index is 12.3. The fourth-order valence-electron chi connectivity index (χ4n) is 1.07. The molecule has 0 fully saturated rings. The van der Waals surface area contributed by atoms with Crippen LogP contribution in [0.2, 0.25) is 0 Å². The molecule has 0 aliphatic carbocycles. The largest absolute Gasteiger partial charge is 0.416 e. The zero-order chi connectivity index (χ0) is 12.9. The van der Waals surface area contributed by atoms with Crippen LogP contribution < -0.4 is 0 Å². The summed E-state index contributed by atoms with van der Waals surface area (Å²) in [5, 5.41) is 3.69. The summed E-state index contributed by atoms with van der Waals surface area (Å²) in [6.45, 7) is 4.07. The number of alkyl halides is 3. The number of hydrogen-bond acceptors (Lipinski definition) is 2. The smallest absolute Gasteiger partial charge is 0.391 e. The molecule has 1 rings (SSSR count). The van der Waals surface area contributed by atoms with Gasteiger partial charge in [-0.15, -0.1) is 0 Å². The second-order valence-electron chi connectivity index (χ2n) is 3.97. The van der Waals surface area contributed by atoms with E-state index < -0.39 is 11.7 Å². The molecule has 0 unspecified atom stereocenters. The number of nitrogens with zero attached hydrogens (tertiary/aromatic N) is 1. The lowest BCUT2D eigenvalue weighted by atomic mass is 10.1. The minimum absolute atomic E-state index is 0.168. The first kappa shape index (κ1) is 13.5. The van der Waals surface area contributed by atoms with Crippen molar-refractivity contribution in [1.29, 1.82) is 0 Å². The maximum atomic E-state index is 12.3. The van der Waals surface area contributed by atoms with Crippen LogP contribution in [0, 0.1) is 5.92 Å². The molecule has 0 heterocycles. The summed E-state index contributed by atoms with van der Waals surface area (Å²) in [7, 11) is 0. The maximum Gasteiger partial charge on any atom is 0.416 e. The van der Waals surface area contributed by atoms with E-state index in [1.807, 2.05) is 13.8 Å². The van der Waals surface area contributed by atoms with Gasteiger partial charge >= 0.3 is 6.18 Å². The van der Waals surface area contributed by atoms with Crippen molar-refractivity contribution in [2.24, 2.45) is 11.1 Å². The third-order valence-electron chi connectivity index (χ3n) is 1.95. The number of rotatable bonds is 4. The van der Waals surface area contributed by atoms with E-state index in [0.29, 0.717) is 5.56 Å². The van der Waals surface area contributed by atoms with Crippen LogP contribution in [0.5, 0.6) is 0 Å². The van der Waals surface area contributed by atoms with Gasteiger partial charge in [-0.1, -0.05) is 31.1 Å². The first-order valence-electron chi connectivity index (χ1n) is 5.21. The number of hydrogen-bond donors (Lipinski definition) is 0. The van der Waals surface area contributed by atoms with Crippen molar-refractivity contribution in [2.75, 3.05) is 0 Å². The van der Waals surface area contributed by atoms with Crippen molar-refractivity contribution in [3.05, 3.63) is 35.4 Å². The lowest BCUT2D eigenvalue weighted by Crippen LogP contribution is -2.04. The molecule has 94 valence electrons. The molecule has 0 aliphatic heterocycles. The molecule has 0 spiro atoms. The molecule has 0 N–H and O–H groups in total. The highest BCUT2D eigenvalue weighted by atomic mass is 19.4. The predicted molar refractivity (Wildman–Crippen MR) is 59.6 cm³/mol. The Balaban J connectivity index is 2.52. The van der Waals surface area contributed by atoms with Crippen LogP contribution in [0.4, 0.5) is 13.2 Å². The molecule has 0 radical (unpaired) electrons.